The highest BCUT2D eigenvalue weighted by Gasteiger charge is 2.38. The topological polar surface area (TPSA) is 108 Å². The molecule has 2 atom stereocenters. The number of rotatable bonds is 4. The number of anilines is 1. The summed E-state index contributed by atoms with van der Waals surface area (Å²) in [5.74, 6) is 0.136. The number of nitrogens with one attached hydrogen (secondary N) is 1. The molecule has 0 amide bonds. The molecule has 0 aromatic carbocycles. The van der Waals surface area contributed by atoms with E-state index in [1.54, 1.807) is 4.68 Å². The van der Waals surface area contributed by atoms with Crippen molar-refractivity contribution in [1.29, 1.82) is 0 Å². The quantitative estimate of drug-likeness (QED) is 0.885. The van der Waals surface area contributed by atoms with Crippen molar-refractivity contribution in [2.24, 2.45) is 5.41 Å². The van der Waals surface area contributed by atoms with E-state index in [0.717, 1.165) is 25.7 Å². The van der Waals surface area contributed by atoms with E-state index < -0.39 is 0 Å². The first kappa shape index (κ1) is 14.5. The fraction of sp³-hybridized carbons (Fsp3) is 0.667. The van der Waals surface area contributed by atoms with Gasteiger partial charge in [-0.1, -0.05) is 6.92 Å². The first-order valence-corrected chi connectivity index (χ1v) is 8.01. The van der Waals surface area contributed by atoms with Gasteiger partial charge in [0.2, 0.25) is 0 Å². The normalized spacial score (nSPS) is 25.8. The van der Waals surface area contributed by atoms with Crippen LogP contribution in [0, 0.1) is 5.41 Å². The monoisotopic (exact) mass is 319 g/mol. The Morgan fingerprint density at radius 1 is 1.43 bits per heavy atom. The lowest BCUT2D eigenvalue weighted by atomic mass is 10.2. The van der Waals surface area contributed by atoms with Gasteiger partial charge in [0.25, 0.3) is 5.56 Å². The van der Waals surface area contributed by atoms with Crippen LogP contribution in [-0.2, 0) is 4.74 Å². The second-order valence-electron chi connectivity index (χ2n) is 6.98. The molecule has 0 radical (unpaired) electrons. The van der Waals surface area contributed by atoms with Crippen molar-refractivity contribution >= 4 is 16.9 Å². The van der Waals surface area contributed by atoms with E-state index in [2.05, 4.69) is 22.0 Å². The van der Waals surface area contributed by atoms with Gasteiger partial charge in [-0.2, -0.15) is 9.97 Å². The second kappa shape index (κ2) is 4.95. The van der Waals surface area contributed by atoms with Gasteiger partial charge in [0, 0.05) is 5.41 Å². The molecule has 1 aliphatic heterocycles. The fourth-order valence-corrected chi connectivity index (χ4v) is 2.90. The van der Waals surface area contributed by atoms with Crippen molar-refractivity contribution in [3.63, 3.8) is 0 Å². The Labute approximate surface area is 133 Å². The average Bonchev–Trinajstić information content (AvgIpc) is 2.92. The number of aromatic amines is 1. The Morgan fingerprint density at radius 2 is 2.22 bits per heavy atom. The van der Waals surface area contributed by atoms with Gasteiger partial charge in [0.15, 0.2) is 11.9 Å². The van der Waals surface area contributed by atoms with Crippen molar-refractivity contribution in [1.82, 2.24) is 19.7 Å². The zero-order valence-electron chi connectivity index (χ0n) is 13.3. The van der Waals surface area contributed by atoms with Crippen LogP contribution in [0.5, 0.6) is 6.01 Å². The molecule has 4 rings (SSSR count). The van der Waals surface area contributed by atoms with Crippen molar-refractivity contribution < 1.29 is 9.47 Å². The number of aromatic nitrogens is 4. The van der Waals surface area contributed by atoms with Gasteiger partial charge in [-0.3, -0.25) is 9.89 Å². The third-order valence-corrected chi connectivity index (χ3v) is 4.73. The standard InChI is InChI=1S/C15H21N5O3/c1-8-3-4-9(23-8)20-12-10(13(21)19-20)11(16)17-14(18-12)22-7-15(2)5-6-15/h8-9H,3-7H2,1-2H3,(H,19,21)(H2,16,17,18). The number of nitrogens with zero attached hydrogens (tertiary/aromatic N) is 3. The van der Waals surface area contributed by atoms with Crippen LogP contribution >= 0.6 is 0 Å². The van der Waals surface area contributed by atoms with Gasteiger partial charge in [-0.05, 0) is 32.6 Å². The van der Waals surface area contributed by atoms with Crippen molar-refractivity contribution in [2.75, 3.05) is 12.3 Å². The van der Waals surface area contributed by atoms with E-state index in [0.29, 0.717) is 12.3 Å². The number of ether oxygens (including phenoxy) is 2. The molecule has 0 bridgehead atoms. The second-order valence-corrected chi connectivity index (χ2v) is 6.98. The lowest BCUT2D eigenvalue weighted by Gasteiger charge is -2.14. The van der Waals surface area contributed by atoms with Crippen LogP contribution in [0.3, 0.4) is 0 Å². The summed E-state index contributed by atoms with van der Waals surface area (Å²) < 4.78 is 13.2. The summed E-state index contributed by atoms with van der Waals surface area (Å²) in [5.41, 5.74) is 6.30. The molecule has 2 fully saturated rings. The minimum atomic E-state index is -0.304. The van der Waals surface area contributed by atoms with E-state index in [9.17, 15) is 4.79 Å². The number of nitrogens with two attached hydrogens (primary N) is 1. The summed E-state index contributed by atoms with van der Waals surface area (Å²) in [5, 5.41) is 3.06. The van der Waals surface area contributed by atoms with Crippen LogP contribution < -0.4 is 16.0 Å². The van der Waals surface area contributed by atoms with Crippen molar-refractivity contribution in [2.45, 2.75) is 51.9 Å². The first-order chi connectivity index (χ1) is 11.0. The van der Waals surface area contributed by atoms with Gasteiger partial charge in [0.1, 0.15) is 11.2 Å². The fourth-order valence-electron chi connectivity index (χ4n) is 2.90. The minimum absolute atomic E-state index is 0.136. The predicted molar refractivity (Wildman–Crippen MR) is 84.2 cm³/mol. The molecule has 3 N–H and O–H groups in total. The molecule has 2 aromatic rings. The van der Waals surface area contributed by atoms with Crippen molar-refractivity contribution in [3.8, 4) is 6.01 Å². The number of hydrogen-bond acceptors (Lipinski definition) is 6. The predicted octanol–water partition coefficient (Wildman–Crippen LogP) is 1.58. The largest absolute Gasteiger partial charge is 0.463 e. The molecule has 8 nitrogen and oxygen atoms in total. The molecule has 8 heteroatoms. The summed E-state index contributed by atoms with van der Waals surface area (Å²) in [6, 6.07) is 0.210. The zero-order valence-corrected chi connectivity index (χ0v) is 13.3. The maximum Gasteiger partial charge on any atom is 0.320 e. The number of nitrogen functional groups attached to an aromatic ring is 1. The van der Waals surface area contributed by atoms with Crippen LogP contribution in [0.25, 0.3) is 11.0 Å². The molecule has 3 heterocycles. The molecule has 2 aromatic heterocycles. The maximum atomic E-state index is 12.2. The highest BCUT2D eigenvalue weighted by atomic mass is 16.5. The Hall–Kier alpha value is -2.09. The smallest absolute Gasteiger partial charge is 0.320 e. The van der Waals surface area contributed by atoms with E-state index in [1.807, 2.05) is 6.92 Å². The van der Waals surface area contributed by atoms with Gasteiger partial charge in [-0.15, -0.1) is 0 Å². The molecule has 1 saturated carbocycles. The Kier molecular flexibility index (Phi) is 3.12. The molecule has 1 aliphatic carbocycles. The Bertz CT molecular complexity index is 807. The third kappa shape index (κ3) is 2.56. The van der Waals surface area contributed by atoms with Crippen LogP contribution in [-0.4, -0.2) is 32.5 Å². The summed E-state index contributed by atoms with van der Waals surface area (Å²) in [6.45, 7) is 4.73. The molecule has 23 heavy (non-hydrogen) atoms. The van der Waals surface area contributed by atoms with E-state index in [4.69, 9.17) is 15.2 Å². The van der Waals surface area contributed by atoms with E-state index >= 15 is 0 Å². The summed E-state index contributed by atoms with van der Waals surface area (Å²) >= 11 is 0. The number of H-pyrrole nitrogens is 1. The van der Waals surface area contributed by atoms with Gasteiger partial charge < -0.3 is 15.2 Å². The maximum absolute atomic E-state index is 12.2. The SMILES string of the molecule is CC1CCC(n2[nH]c(=O)c3c(N)nc(OCC4(C)CC4)nc32)O1. The highest BCUT2D eigenvalue weighted by Crippen LogP contribution is 2.44. The Balaban J connectivity index is 1.72. The first-order valence-electron chi connectivity index (χ1n) is 8.01. The summed E-state index contributed by atoms with van der Waals surface area (Å²) in [6.07, 6.45) is 3.97. The zero-order chi connectivity index (χ0) is 16.2. The third-order valence-electron chi connectivity index (χ3n) is 4.73. The lowest BCUT2D eigenvalue weighted by Crippen LogP contribution is -2.14. The van der Waals surface area contributed by atoms with Gasteiger partial charge >= 0.3 is 6.01 Å². The molecule has 2 aliphatic rings. The molecule has 2 unspecified atom stereocenters. The van der Waals surface area contributed by atoms with Crippen LogP contribution in [0.15, 0.2) is 4.79 Å². The molecular formula is C15H21N5O3. The molecule has 1 saturated heterocycles. The summed E-state index contributed by atoms with van der Waals surface area (Å²) in [7, 11) is 0. The van der Waals surface area contributed by atoms with Crippen LogP contribution in [0.1, 0.15) is 45.8 Å². The van der Waals surface area contributed by atoms with Crippen molar-refractivity contribution in [3.05, 3.63) is 10.4 Å². The average molecular weight is 319 g/mol. The highest BCUT2D eigenvalue weighted by molar-refractivity contribution is 5.85. The molecular weight excluding hydrogens is 298 g/mol. The number of hydrogen-bond donors (Lipinski definition) is 2. The van der Waals surface area contributed by atoms with E-state index in [1.165, 1.54) is 0 Å². The molecule has 124 valence electrons. The minimum Gasteiger partial charge on any atom is -0.463 e. The van der Waals surface area contributed by atoms with Gasteiger partial charge in [-0.25, -0.2) is 4.68 Å². The van der Waals surface area contributed by atoms with E-state index in [-0.39, 0.29) is 40.5 Å². The number of fused-ring (bicyclic) bond motifs is 1. The Morgan fingerprint density at radius 3 is 2.87 bits per heavy atom. The van der Waals surface area contributed by atoms with Gasteiger partial charge in [0.05, 0.1) is 12.7 Å². The summed E-state index contributed by atoms with van der Waals surface area (Å²) in [4.78, 5) is 20.7. The lowest BCUT2D eigenvalue weighted by molar-refractivity contribution is 0.00545. The van der Waals surface area contributed by atoms with Crippen LogP contribution in [0.2, 0.25) is 0 Å². The molecule has 0 spiro atoms. The van der Waals surface area contributed by atoms with Crippen LogP contribution in [0.4, 0.5) is 5.82 Å².